The molecule has 8 heteroatoms. The van der Waals surface area contributed by atoms with Gasteiger partial charge in [-0.1, -0.05) is 36.2 Å². The summed E-state index contributed by atoms with van der Waals surface area (Å²) in [5.74, 6) is -0.264. The van der Waals surface area contributed by atoms with Crippen molar-refractivity contribution in [2.45, 2.75) is 55.3 Å². The first-order valence-corrected chi connectivity index (χ1v) is 9.47. The fourth-order valence-electron chi connectivity index (χ4n) is 3.51. The van der Waals surface area contributed by atoms with E-state index in [9.17, 15) is 10.0 Å². The van der Waals surface area contributed by atoms with Crippen molar-refractivity contribution in [3.63, 3.8) is 0 Å². The van der Waals surface area contributed by atoms with Gasteiger partial charge in [-0.05, 0) is 31.9 Å². The van der Waals surface area contributed by atoms with E-state index in [0.29, 0.717) is 29.7 Å². The Labute approximate surface area is 145 Å². The van der Waals surface area contributed by atoms with Crippen molar-refractivity contribution in [3.05, 3.63) is 16.9 Å². The number of hydroxylamine groups is 2. The summed E-state index contributed by atoms with van der Waals surface area (Å²) in [5, 5.41) is 15.4. The molecule has 1 unspecified atom stereocenters. The minimum absolute atomic E-state index is 0.129. The maximum atomic E-state index is 12.2. The van der Waals surface area contributed by atoms with Crippen LogP contribution >= 0.6 is 23.4 Å². The highest BCUT2D eigenvalue weighted by atomic mass is 35.5. The molecule has 2 fully saturated rings. The van der Waals surface area contributed by atoms with E-state index in [-0.39, 0.29) is 17.5 Å². The lowest BCUT2D eigenvalue weighted by atomic mass is 9.91. The average Bonchev–Trinajstić information content (AvgIpc) is 2.98. The summed E-state index contributed by atoms with van der Waals surface area (Å²) in [4.78, 5) is 20.7. The van der Waals surface area contributed by atoms with E-state index in [2.05, 4.69) is 15.3 Å². The van der Waals surface area contributed by atoms with Gasteiger partial charge in [-0.15, -0.1) is 0 Å². The lowest BCUT2D eigenvalue weighted by Crippen LogP contribution is -2.65. The number of carbonyl (C=O) groups is 1. The number of piperazine rings is 1. The number of hydrogen-bond acceptors (Lipinski definition) is 6. The van der Waals surface area contributed by atoms with Crippen LogP contribution in [-0.4, -0.2) is 50.5 Å². The Balaban J connectivity index is 1.67. The van der Waals surface area contributed by atoms with E-state index >= 15 is 0 Å². The van der Waals surface area contributed by atoms with Gasteiger partial charge in [0.2, 0.25) is 0 Å². The minimum atomic E-state index is -0.386. The molecule has 1 saturated heterocycles. The second-order valence-corrected chi connectivity index (χ2v) is 7.42. The van der Waals surface area contributed by atoms with Crippen LogP contribution in [0.2, 0.25) is 5.15 Å². The summed E-state index contributed by atoms with van der Waals surface area (Å²) in [6.45, 7) is 0.384. The molecule has 1 saturated carbocycles. The normalized spacial score (nSPS) is 23.7. The van der Waals surface area contributed by atoms with E-state index in [0.717, 1.165) is 36.3 Å². The molecule has 2 aliphatic rings. The van der Waals surface area contributed by atoms with Gasteiger partial charge in [-0.3, -0.25) is 15.3 Å². The van der Waals surface area contributed by atoms with Crippen LogP contribution in [0.3, 0.4) is 0 Å². The first-order valence-electron chi connectivity index (χ1n) is 7.86. The summed E-state index contributed by atoms with van der Waals surface area (Å²) in [6, 6.07) is -0.386. The summed E-state index contributed by atoms with van der Waals surface area (Å²) in [5.41, 5.74) is 0.700. The molecule has 23 heavy (non-hydrogen) atoms. The molecule has 1 spiro atoms. The smallest absolute Gasteiger partial charge is 0.263 e. The number of rotatable bonds is 4. The van der Waals surface area contributed by atoms with Crippen LogP contribution in [0.1, 0.15) is 37.7 Å². The van der Waals surface area contributed by atoms with Gasteiger partial charge in [0, 0.05) is 17.3 Å². The van der Waals surface area contributed by atoms with Crippen molar-refractivity contribution in [2.24, 2.45) is 0 Å². The number of nitrogens with one attached hydrogen (secondary N) is 1. The van der Waals surface area contributed by atoms with E-state index in [1.807, 2.05) is 6.26 Å². The Morgan fingerprint density at radius 2 is 2.26 bits per heavy atom. The summed E-state index contributed by atoms with van der Waals surface area (Å²) < 4.78 is 0. The Morgan fingerprint density at radius 3 is 2.91 bits per heavy atom. The number of halogens is 1. The Hall–Kier alpha value is -0.890. The SMILES string of the molecule is CSc1ncc(CCC2NC3(CCCC3)CN(O)C2=O)c(Cl)n1. The molecule has 0 radical (unpaired) electrons. The molecule has 0 aromatic carbocycles. The molecule has 0 bridgehead atoms. The van der Waals surface area contributed by atoms with Crippen molar-refractivity contribution in [1.29, 1.82) is 0 Å². The molecule has 1 aliphatic heterocycles. The molecule has 1 aromatic heterocycles. The van der Waals surface area contributed by atoms with E-state index < -0.39 is 0 Å². The van der Waals surface area contributed by atoms with Gasteiger partial charge < -0.3 is 0 Å². The topological polar surface area (TPSA) is 78.4 Å². The van der Waals surface area contributed by atoms with Gasteiger partial charge >= 0.3 is 0 Å². The van der Waals surface area contributed by atoms with Crippen molar-refractivity contribution in [2.75, 3.05) is 12.8 Å². The van der Waals surface area contributed by atoms with Crippen LogP contribution in [0.5, 0.6) is 0 Å². The van der Waals surface area contributed by atoms with Crippen molar-refractivity contribution in [1.82, 2.24) is 20.3 Å². The van der Waals surface area contributed by atoms with Crippen LogP contribution in [0.25, 0.3) is 0 Å². The quantitative estimate of drug-likeness (QED) is 0.373. The largest absolute Gasteiger partial charge is 0.298 e. The Kier molecular flexibility index (Phi) is 5.10. The monoisotopic (exact) mass is 356 g/mol. The van der Waals surface area contributed by atoms with E-state index in [1.165, 1.54) is 11.8 Å². The molecular formula is C15H21ClN4O2S. The van der Waals surface area contributed by atoms with E-state index in [1.54, 1.807) is 6.20 Å². The van der Waals surface area contributed by atoms with Gasteiger partial charge in [0.15, 0.2) is 5.16 Å². The Morgan fingerprint density at radius 1 is 1.52 bits per heavy atom. The second-order valence-electron chi connectivity index (χ2n) is 6.29. The van der Waals surface area contributed by atoms with Crippen LogP contribution in [-0.2, 0) is 11.2 Å². The zero-order valence-electron chi connectivity index (χ0n) is 13.1. The number of hydrogen-bond donors (Lipinski definition) is 2. The zero-order valence-corrected chi connectivity index (χ0v) is 14.7. The lowest BCUT2D eigenvalue weighted by Gasteiger charge is -2.42. The molecule has 3 rings (SSSR count). The fourth-order valence-corrected chi connectivity index (χ4v) is 4.12. The highest BCUT2D eigenvalue weighted by molar-refractivity contribution is 7.98. The second kappa shape index (κ2) is 6.93. The van der Waals surface area contributed by atoms with Crippen LogP contribution in [0, 0.1) is 0 Å². The van der Waals surface area contributed by atoms with Crippen LogP contribution in [0.15, 0.2) is 11.4 Å². The first-order chi connectivity index (χ1) is 11.0. The molecule has 2 N–H and O–H groups in total. The third-order valence-corrected chi connectivity index (χ3v) is 5.61. The van der Waals surface area contributed by atoms with Gasteiger partial charge in [0.05, 0.1) is 12.6 Å². The standard InChI is InChI=1S/C15H21ClN4O2S/c1-23-14-17-8-10(12(16)18-14)4-5-11-13(21)20(22)9-15(19-11)6-2-3-7-15/h8,11,19,22H,2-7,9H2,1H3. The molecule has 1 atom stereocenters. The molecule has 126 valence electrons. The van der Waals surface area contributed by atoms with Gasteiger partial charge in [-0.25, -0.2) is 15.0 Å². The highest BCUT2D eigenvalue weighted by Crippen LogP contribution is 2.33. The number of nitrogens with zero attached hydrogens (tertiary/aromatic N) is 3. The van der Waals surface area contributed by atoms with Crippen LogP contribution in [0.4, 0.5) is 0 Å². The van der Waals surface area contributed by atoms with Crippen molar-refractivity contribution in [3.8, 4) is 0 Å². The number of aryl methyl sites for hydroxylation is 1. The zero-order chi connectivity index (χ0) is 16.4. The summed E-state index contributed by atoms with van der Waals surface area (Å²) in [6.07, 6.45) is 9.05. The molecule has 1 aliphatic carbocycles. The predicted octanol–water partition coefficient (Wildman–Crippen LogP) is 2.29. The third-order valence-electron chi connectivity index (χ3n) is 4.72. The van der Waals surface area contributed by atoms with Crippen molar-refractivity contribution >= 4 is 29.3 Å². The van der Waals surface area contributed by atoms with Gasteiger partial charge in [0.1, 0.15) is 5.15 Å². The molecular weight excluding hydrogens is 336 g/mol. The Bertz CT molecular complexity index is 595. The van der Waals surface area contributed by atoms with E-state index in [4.69, 9.17) is 11.6 Å². The molecule has 2 heterocycles. The van der Waals surface area contributed by atoms with Crippen molar-refractivity contribution < 1.29 is 10.0 Å². The van der Waals surface area contributed by atoms with Gasteiger partial charge in [-0.2, -0.15) is 0 Å². The number of thioether (sulfide) groups is 1. The molecule has 6 nitrogen and oxygen atoms in total. The number of aromatic nitrogens is 2. The number of amides is 1. The molecule has 1 amide bonds. The minimum Gasteiger partial charge on any atom is -0.298 e. The summed E-state index contributed by atoms with van der Waals surface area (Å²) >= 11 is 7.62. The van der Waals surface area contributed by atoms with Gasteiger partial charge in [0.25, 0.3) is 5.91 Å². The van der Waals surface area contributed by atoms with Crippen LogP contribution < -0.4 is 5.32 Å². The predicted molar refractivity (Wildman–Crippen MR) is 88.8 cm³/mol. The maximum absolute atomic E-state index is 12.2. The number of carbonyl (C=O) groups excluding carboxylic acids is 1. The highest BCUT2D eigenvalue weighted by Gasteiger charge is 2.44. The average molecular weight is 357 g/mol. The summed E-state index contributed by atoms with van der Waals surface area (Å²) in [7, 11) is 0. The molecule has 1 aromatic rings. The third kappa shape index (κ3) is 3.63. The maximum Gasteiger partial charge on any atom is 0.263 e. The lowest BCUT2D eigenvalue weighted by molar-refractivity contribution is -0.181. The fraction of sp³-hybridized carbons (Fsp3) is 0.667. The first kappa shape index (κ1) is 17.0.